The van der Waals surface area contributed by atoms with Gasteiger partial charge in [0, 0.05) is 17.7 Å². The van der Waals surface area contributed by atoms with E-state index in [0.717, 1.165) is 42.9 Å². The fraction of sp³-hybridized carbons (Fsp3) is 0.409. The number of hydrogen-bond acceptors (Lipinski definition) is 3. The van der Waals surface area contributed by atoms with Crippen LogP contribution >= 0.6 is 0 Å². The Balaban J connectivity index is 1.56. The first-order chi connectivity index (χ1) is 12.7. The number of anilines is 1. The Kier molecular flexibility index (Phi) is 6.67. The maximum absolute atomic E-state index is 12.5. The molecular weight excluding hydrogens is 324 g/mol. The molecule has 3 rings (SSSR count). The average Bonchev–Trinajstić information content (AvgIpc) is 2.68. The molecule has 0 radical (unpaired) electrons. The molecule has 0 bridgehead atoms. The highest BCUT2D eigenvalue weighted by atomic mass is 16.5. The van der Waals surface area contributed by atoms with Gasteiger partial charge in [0.2, 0.25) is 5.91 Å². The van der Waals surface area contributed by atoms with Gasteiger partial charge in [0.05, 0.1) is 0 Å². The van der Waals surface area contributed by atoms with Gasteiger partial charge in [0.15, 0.2) is 0 Å². The minimum absolute atomic E-state index is 0.0863. The lowest BCUT2D eigenvalue weighted by Crippen LogP contribution is -2.32. The van der Waals surface area contributed by atoms with E-state index >= 15 is 0 Å². The summed E-state index contributed by atoms with van der Waals surface area (Å²) in [6.07, 6.45) is 2.89. The van der Waals surface area contributed by atoms with E-state index < -0.39 is 0 Å². The molecule has 2 aromatic rings. The van der Waals surface area contributed by atoms with Gasteiger partial charge in [0.1, 0.15) is 12.4 Å². The van der Waals surface area contributed by atoms with E-state index in [-0.39, 0.29) is 5.91 Å². The second-order valence-electron chi connectivity index (χ2n) is 7.08. The molecule has 1 heterocycles. The van der Waals surface area contributed by atoms with Crippen molar-refractivity contribution in [1.82, 2.24) is 5.32 Å². The normalized spacial score (nSPS) is 16.0. The van der Waals surface area contributed by atoms with E-state index in [1.165, 1.54) is 0 Å². The molecule has 1 amide bonds. The Hall–Kier alpha value is -2.33. The van der Waals surface area contributed by atoms with Gasteiger partial charge in [0.25, 0.3) is 0 Å². The predicted molar refractivity (Wildman–Crippen MR) is 105 cm³/mol. The van der Waals surface area contributed by atoms with Crippen LogP contribution in [0.4, 0.5) is 5.69 Å². The molecule has 0 aromatic heterocycles. The highest BCUT2D eigenvalue weighted by molar-refractivity contribution is 5.91. The third kappa shape index (κ3) is 5.33. The summed E-state index contributed by atoms with van der Waals surface area (Å²) in [4.78, 5) is 12.5. The second-order valence-corrected chi connectivity index (χ2v) is 7.08. The summed E-state index contributed by atoms with van der Waals surface area (Å²) in [6.45, 7) is 4.76. The number of hydrogen-bond donors (Lipinski definition) is 2. The number of carbonyl (C=O) groups is 1. The van der Waals surface area contributed by atoms with Gasteiger partial charge in [-0.05, 0) is 56.0 Å². The largest absolute Gasteiger partial charge is 0.489 e. The molecule has 0 aliphatic carbocycles. The van der Waals surface area contributed by atoms with Crippen LogP contribution in [0, 0.1) is 11.8 Å². The summed E-state index contributed by atoms with van der Waals surface area (Å²) in [7, 11) is 0. The van der Waals surface area contributed by atoms with Crippen LogP contribution in [0.15, 0.2) is 54.6 Å². The number of para-hydroxylation sites is 2. The van der Waals surface area contributed by atoms with Crippen LogP contribution in [0.3, 0.4) is 0 Å². The van der Waals surface area contributed by atoms with Crippen LogP contribution in [0.5, 0.6) is 5.75 Å². The first kappa shape index (κ1) is 18.5. The minimum atomic E-state index is 0.0863. The first-order valence-corrected chi connectivity index (χ1v) is 9.48. The van der Waals surface area contributed by atoms with E-state index in [1.807, 2.05) is 54.6 Å². The van der Waals surface area contributed by atoms with Gasteiger partial charge < -0.3 is 15.4 Å². The lowest BCUT2D eigenvalue weighted by atomic mass is 9.84. The maximum atomic E-state index is 12.5. The topological polar surface area (TPSA) is 50.4 Å². The second kappa shape index (κ2) is 9.39. The molecular formula is C22H28N2O2. The molecule has 0 spiro atoms. The molecule has 1 saturated heterocycles. The number of piperidine rings is 1. The number of amides is 1. The Morgan fingerprint density at radius 2 is 1.81 bits per heavy atom. The van der Waals surface area contributed by atoms with E-state index in [0.29, 0.717) is 24.9 Å². The summed E-state index contributed by atoms with van der Waals surface area (Å²) in [5.74, 6) is 1.96. The number of carbonyl (C=O) groups excluding carboxylic acids is 1. The van der Waals surface area contributed by atoms with Gasteiger partial charge in [-0.1, -0.05) is 43.3 Å². The van der Waals surface area contributed by atoms with Gasteiger partial charge >= 0.3 is 0 Å². The number of nitrogens with one attached hydrogen (secondary N) is 2. The highest BCUT2D eigenvalue weighted by Gasteiger charge is 2.22. The average molecular weight is 352 g/mol. The zero-order chi connectivity index (χ0) is 18.2. The van der Waals surface area contributed by atoms with Crippen LogP contribution < -0.4 is 15.4 Å². The van der Waals surface area contributed by atoms with E-state index in [4.69, 9.17) is 4.74 Å². The molecule has 4 heteroatoms. The lowest BCUT2D eigenvalue weighted by molar-refractivity contribution is -0.117. The zero-order valence-corrected chi connectivity index (χ0v) is 15.4. The summed E-state index contributed by atoms with van der Waals surface area (Å²) >= 11 is 0. The lowest BCUT2D eigenvalue weighted by Gasteiger charge is -2.28. The highest BCUT2D eigenvalue weighted by Crippen LogP contribution is 2.25. The Labute approximate surface area is 156 Å². The van der Waals surface area contributed by atoms with Crippen molar-refractivity contribution in [2.75, 3.05) is 18.4 Å². The van der Waals surface area contributed by atoms with Crippen LogP contribution in [0.25, 0.3) is 0 Å². The molecule has 2 N–H and O–H groups in total. The van der Waals surface area contributed by atoms with E-state index in [2.05, 4.69) is 17.6 Å². The number of ether oxygens (including phenoxy) is 1. The molecule has 1 aliphatic rings. The smallest absolute Gasteiger partial charge is 0.224 e. The molecule has 0 saturated carbocycles. The van der Waals surface area contributed by atoms with Gasteiger partial charge in [-0.2, -0.15) is 0 Å². The summed E-state index contributed by atoms with van der Waals surface area (Å²) in [5.41, 5.74) is 1.82. The summed E-state index contributed by atoms with van der Waals surface area (Å²) in [5, 5.41) is 6.47. The molecule has 4 nitrogen and oxygen atoms in total. The van der Waals surface area contributed by atoms with Crippen molar-refractivity contribution in [2.24, 2.45) is 11.8 Å². The number of rotatable bonds is 7. The Morgan fingerprint density at radius 1 is 1.12 bits per heavy atom. The standard InChI is InChI=1S/C22H28N2O2/c1-17(18-11-13-23-14-12-18)15-22(25)24-21-10-6-5-7-19(21)16-26-20-8-3-2-4-9-20/h2-10,17-18,23H,11-16H2,1H3,(H,24,25). The Morgan fingerprint density at radius 3 is 2.58 bits per heavy atom. The SMILES string of the molecule is CC(CC(=O)Nc1ccccc1COc1ccccc1)C1CCNCC1. The molecule has 1 fully saturated rings. The third-order valence-electron chi connectivity index (χ3n) is 5.12. The van der Waals surface area contributed by atoms with Crippen molar-refractivity contribution in [3.63, 3.8) is 0 Å². The van der Waals surface area contributed by atoms with Crippen LogP contribution in [-0.2, 0) is 11.4 Å². The molecule has 1 atom stereocenters. The van der Waals surface area contributed by atoms with E-state index in [9.17, 15) is 4.79 Å². The van der Waals surface area contributed by atoms with Crippen LogP contribution in [0.1, 0.15) is 31.7 Å². The van der Waals surface area contributed by atoms with Gasteiger partial charge in [-0.15, -0.1) is 0 Å². The molecule has 1 aliphatic heterocycles. The monoisotopic (exact) mass is 352 g/mol. The van der Waals surface area contributed by atoms with Crippen LogP contribution in [-0.4, -0.2) is 19.0 Å². The van der Waals surface area contributed by atoms with Crippen molar-refractivity contribution < 1.29 is 9.53 Å². The summed E-state index contributed by atoms with van der Waals surface area (Å²) in [6, 6.07) is 17.6. The van der Waals surface area contributed by atoms with Crippen molar-refractivity contribution in [3.05, 3.63) is 60.2 Å². The predicted octanol–water partition coefficient (Wildman–Crippen LogP) is 4.23. The fourth-order valence-corrected chi connectivity index (χ4v) is 3.52. The molecule has 138 valence electrons. The quantitative estimate of drug-likeness (QED) is 0.784. The third-order valence-corrected chi connectivity index (χ3v) is 5.12. The van der Waals surface area contributed by atoms with Crippen molar-refractivity contribution >= 4 is 11.6 Å². The summed E-state index contributed by atoms with van der Waals surface area (Å²) < 4.78 is 5.83. The molecule has 26 heavy (non-hydrogen) atoms. The minimum Gasteiger partial charge on any atom is -0.489 e. The fourth-order valence-electron chi connectivity index (χ4n) is 3.52. The molecule has 1 unspecified atom stereocenters. The molecule has 2 aromatic carbocycles. The Bertz CT molecular complexity index is 696. The maximum Gasteiger partial charge on any atom is 0.224 e. The zero-order valence-electron chi connectivity index (χ0n) is 15.4. The van der Waals surface area contributed by atoms with Crippen molar-refractivity contribution in [2.45, 2.75) is 32.8 Å². The number of benzene rings is 2. The van der Waals surface area contributed by atoms with E-state index in [1.54, 1.807) is 0 Å². The van der Waals surface area contributed by atoms with Crippen molar-refractivity contribution in [1.29, 1.82) is 0 Å². The van der Waals surface area contributed by atoms with Crippen molar-refractivity contribution in [3.8, 4) is 5.75 Å². The van der Waals surface area contributed by atoms with Gasteiger partial charge in [-0.25, -0.2) is 0 Å². The van der Waals surface area contributed by atoms with Gasteiger partial charge in [-0.3, -0.25) is 4.79 Å². The van der Waals surface area contributed by atoms with Crippen LogP contribution in [0.2, 0.25) is 0 Å². The first-order valence-electron chi connectivity index (χ1n) is 9.48.